The molecule has 0 amide bonds. The second-order valence-corrected chi connectivity index (χ2v) is 5.69. The summed E-state index contributed by atoms with van der Waals surface area (Å²) in [4.78, 5) is 4.60. The lowest BCUT2D eigenvalue weighted by Gasteiger charge is -2.24. The van der Waals surface area contributed by atoms with Crippen molar-refractivity contribution in [3.8, 4) is 5.75 Å². The van der Waals surface area contributed by atoms with Crippen LogP contribution >= 0.6 is 11.6 Å². The zero-order chi connectivity index (χ0) is 14.1. The first-order chi connectivity index (χ1) is 9.65. The summed E-state index contributed by atoms with van der Waals surface area (Å²) in [6, 6.07) is 5.93. The molecule has 0 bridgehead atoms. The van der Waals surface area contributed by atoms with Gasteiger partial charge in [0.05, 0.1) is 29.1 Å². The Hall–Kier alpha value is -1.32. The molecule has 20 heavy (non-hydrogen) atoms. The van der Waals surface area contributed by atoms with Crippen LogP contribution in [0.1, 0.15) is 24.1 Å². The van der Waals surface area contributed by atoms with Crippen molar-refractivity contribution in [1.82, 2.24) is 4.98 Å². The summed E-state index contributed by atoms with van der Waals surface area (Å²) in [5, 5.41) is 1.63. The lowest BCUT2D eigenvalue weighted by molar-refractivity contribution is 0.0262. The normalized spacial score (nSPS) is 16.6. The van der Waals surface area contributed by atoms with E-state index in [9.17, 15) is 0 Å². The number of aryl methyl sites for hydroxylation is 2. The highest BCUT2D eigenvalue weighted by atomic mass is 35.5. The first-order valence-corrected chi connectivity index (χ1v) is 7.34. The van der Waals surface area contributed by atoms with Crippen LogP contribution in [0.4, 0.5) is 0 Å². The number of rotatable bonds is 2. The largest absolute Gasteiger partial charge is 0.489 e. The highest BCUT2D eigenvalue weighted by Crippen LogP contribution is 2.34. The van der Waals surface area contributed by atoms with E-state index in [0.717, 1.165) is 54.0 Å². The Labute approximate surface area is 123 Å². The minimum absolute atomic E-state index is 0.201. The minimum atomic E-state index is 0.201. The molecule has 2 heterocycles. The zero-order valence-corrected chi connectivity index (χ0v) is 12.5. The Balaban J connectivity index is 2.04. The van der Waals surface area contributed by atoms with Gasteiger partial charge in [-0.2, -0.15) is 0 Å². The van der Waals surface area contributed by atoms with Gasteiger partial charge < -0.3 is 9.47 Å². The van der Waals surface area contributed by atoms with E-state index < -0.39 is 0 Å². The Morgan fingerprint density at radius 2 is 2.00 bits per heavy atom. The summed E-state index contributed by atoms with van der Waals surface area (Å²) >= 11 is 6.41. The van der Waals surface area contributed by atoms with Gasteiger partial charge in [-0.1, -0.05) is 17.7 Å². The molecule has 1 aliphatic heterocycles. The first-order valence-electron chi connectivity index (χ1n) is 6.96. The Morgan fingerprint density at radius 1 is 1.25 bits per heavy atom. The van der Waals surface area contributed by atoms with Gasteiger partial charge in [0, 0.05) is 18.5 Å². The molecule has 2 aromatic rings. The summed E-state index contributed by atoms with van der Waals surface area (Å²) in [6.45, 7) is 5.53. The molecule has 0 saturated carbocycles. The molecule has 106 valence electrons. The molecule has 1 aromatic carbocycles. The molecule has 0 N–H and O–H groups in total. The number of hydrogen-bond acceptors (Lipinski definition) is 3. The number of hydrogen-bond donors (Lipinski definition) is 0. The maximum absolute atomic E-state index is 6.41. The molecule has 1 aliphatic rings. The van der Waals surface area contributed by atoms with Gasteiger partial charge in [-0.25, -0.2) is 0 Å². The van der Waals surface area contributed by atoms with Crippen molar-refractivity contribution < 1.29 is 9.47 Å². The molecule has 0 atom stereocenters. The monoisotopic (exact) mass is 291 g/mol. The number of ether oxygens (including phenoxy) is 2. The molecule has 1 fully saturated rings. The Bertz CT molecular complexity index is 636. The predicted octanol–water partition coefficient (Wildman–Crippen LogP) is 4.06. The number of fused-ring (bicyclic) bond motifs is 1. The van der Waals surface area contributed by atoms with Crippen LogP contribution in [0.25, 0.3) is 10.9 Å². The van der Waals surface area contributed by atoms with Gasteiger partial charge in [-0.15, -0.1) is 0 Å². The third kappa shape index (κ3) is 2.60. The van der Waals surface area contributed by atoms with Crippen LogP contribution in [0.3, 0.4) is 0 Å². The van der Waals surface area contributed by atoms with E-state index >= 15 is 0 Å². The van der Waals surface area contributed by atoms with Gasteiger partial charge in [-0.05, 0) is 31.5 Å². The second kappa shape index (κ2) is 5.58. The second-order valence-electron chi connectivity index (χ2n) is 5.28. The summed E-state index contributed by atoms with van der Waals surface area (Å²) < 4.78 is 11.5. The summed E-state index contributed by atoms with van der Waals surface area (Å²) in [5.41, 5.74) is 2.97. The molecular weight excluding hydrogens is 274 g/mol. The van der Waals surface area contributed by atoms with E-state index in [2.05, 4.69) is 4.98 Å². The molecule has 3 rings (SSSR count). The van der Waals surface area contributed by atoms with Gasteiger partial charge in [0.25, 0.3) is 0 Å². The molecular formula is C16H18ClNO2. The molecule has 0 radical (unpaired) electrons. The molecule has 1 aromatic heterocycles. The Kier molecular flexibility index (Phi) is 3.81. The molecule has 0 aliphatic carbocycles. The van der Waals surface area contributed by atoms with Gasteiger partial charge >= 0.3 is 0 Å². The smallest absolute Gasteiger partial charge is 0.130 e. The minimum Gasteiger partial charge on any atom is -0.489 e. The SMILES string of the molecule is Cc1cc(Cl)c2c(OC3CCOCC3)ccc(C)c2n1. The fourth-order valence-corrected chi connectivity index (χ4v) is 2.93. The number of benzene rings is 1. The van der Waals surface area contributed by atoms with Crippen molar-refractivity contribution in [2.24, 2.45) is 0 Å². The van der Waals surface area contributed by atoms with Gasteiger partial charge in [0.15, 0.2) is 0 Å². The van der Waals surface area contributed by atoms with Crippen LogP contribution < -0.4 is 4.74 Å². The van der Waals surface area contributed by atoms with Crippen LogP contribution in [0.2, 0.25) is 5.02 Å². The van der Waals surface area contributed by atoms with Crippen molar-refractivity contribution in [2.75, 3.05) is 13.2 Å². The van der Waals surface area contributed by atoms with Crippen molar-refractivity contribution in [3.05, 3.63) is 34.5 Å². The van der Waals surface area contributed by atoms with Crippen molar-refractivity contribution in [1.29, 1.82) is 0 Å². The van der Waals surface area contributed by atoms with Crippen molar-refractivity contribution in [2.45, 2.75) is 32.8 Å². The third-order valence-electron chi connectivity index (χ3n) is 3.67. The van der Waals surface area contributed by atoms with Crippen LogP contribution in [0, 0.1) is 13.8 Å². The highest BCUT2D eigenvalue weighted by Gasteiger charge is 2.18. The maximum Gasteiger partial charge on any atom is 0.130 e. The van der Waals surface area contributed by atoms with Crippen LogP contribution in [0.15, 0.2) is 18.2 Å². The standard InChI is InChI=1S/C16H18ClNO2/c1-10-3-4-14(20-12-5-7-19-8-6-12)15-13(17)9-11(2)18-16(10)15/h3-4,9,12H,5-8H2,1-2H3. The van der Waals surface area contributed by atoms with E-state index in [0.29, 0.717) is 5.02 Å². The fraction of sp³-hybridized carbons (Fsp3) is 0.438. The lowest BCUT2D eigenvalue weighted by atomic mass is 10.1. The van der Waals surface area contributed by atoms with E-state index in [-0.39, 0.29) is 6.10 Å². The lowest BCUT2D eigenvalue weighted by Crippen LogP contribution is -2.26. The molecule has 4 heteroatoms. The van der Waals surface area contributed by atoms with E-state index in [1.54, 1.807) is 0 Å². The van der Waals surface area contributed by atoms with Crippen LogP contribution in [-0.2, 0) is 4.74 Å². The van der Waals surface area contributed by atoms with Crippen molar-refractivity contribution in [3.63, 3.8) is 0 Å². The number of pyridine rings is 1. The van der Waals surface area contributed by atoms with Gasteiger partial charge in [-0.3, -0.25) is 4.98 Å². The topological polar surface area (TPSA) is 31.4 Å². The number of halogens is 1. The fourth-order valence-electron chi connectivity index (χ4n) is 2.59. The number of nitrogens with zero attached hydrogens (tertiary/aromatic N) is 1. The van der Waals surface area contributed by atoms with E-state index in [4.69, 9.17) is 21.1 Å². The Morgan fingerprint density at radius 3 is 2.75 bits per heavy atom. The average Bonchev–Trinajstić information content (AvgIpc) is 2.43. The predicted molar refractivity (Wildman–Crippen MR) is 80.7 cm³/mol. The van der Waals surface area contributed by atoms with Crippen LogP contribution in [-0.4, -0.2) is 24.3 Å². The quantitative estimate of drug-likeness (QED) is 0.836. The zero-order valence-electron chi connectivity index (χ0n) is 11.8. The highest BCUT2D eigenvalue weighted by molar-refractivity contribution is 6.36. The number of aromatic nitrogens is 1. The molecule has 1 saturated heterocycles. The van der Waals surface area contributed by atoms with Gasteiger partial charge in [0.1, 0.15) is 11.9 Å². The molecule has 3 nitrogen and oxygen atoms in total. The molecule has 0 spiro atoms. The first kappa shape index (κ1) is 13.7. The summed E-state index contributed by atoms with van der Waals surface area (Å²) in [5.74, 6) is 0.829. The third-order valence-corrected chi connectivity index (χ3v) is 3.96. The average molecular weight is 292 g/mol. The maximum atomic E-state index is 6.41. The van der Waals surface area contributed by atoms with E-state index in [1.807, 2.05) is 32.0 Å². The van der Waals surface area contributed by atoms with Crippen LogP contribution in [0.5, 0.6) is 5.75 Å². The van der Waals surface area contributed by atoms with Crippen molar-refractivity contribution >= 4 is 22.5 Å². The van der Waals surface area contributed by atoms with Gasteiger partial charge in [0.2, 0.25) is 0 Å². The summed E-state index contributed by atoms with van der Waals surface area (Å²) in [6.07, 6.45) is 2.05. The van der Waals surface area contributed by atoms with E-state index in [1.165, 1.54) is 0 Å². The summed E-state index contributed by atoms with van der Waals surface area (Å²) in [7, 11) is 0. The molecule has 0 unspecified atom stereocenters.